The van der Waals surface area contributed by atoms with Gasteiger partial charge in [0.25, 0.3) is 0 Å². The van der Waals surface area contributed by atoms with Crippen molar-refractivity contribution in [2.45, 2.75) is 40.5 Å². The smallest absolute Gasteiger partial charge is 0.240 e. The Bertz CT molecular complexity index is 409. The van der Waals surface area contributed by atoms with E-state index >= 15 is 0 Å². The number of nitrogens with one attached hydrogen (secondary N) is 1. The fourth-order valence-corrected chi connectivity index (χ4v) is 2.21. The van der Waals surface area contributed by atoms with Crippen molar-refractivity contribution >= 4 is 23.0 Å². The van der Waals surface area contributed by atoms with E-state index in [9.17, 15) is 4.79 Å². The molecule has 0 fully saturated rings. The number of hydrazone groups is 1. The molecule has 0 aliphatic heterocycles. The Hall–Kier alpha value is -1.23. The molecule has 1 amide bonds. The lowest BCUT2D eigenvalue weighted by Crippen LogP contribution is -2.18. The van der Waals surface area contributed by atoms with Crippen LogP contribution in [0.3, 0.4) is 0 Å². The minimum Gasteiger partial charge on any atom is -0.273 e. The summed E-state index contributed by atoms with van der Waals surface area (Å²) in [6.07, 6.45) is 1.34. The van der Waals surface area contributed by atoms with Crippen molar-refractivity contribution in [2.24, 2.45) is 5.10 Å². The Morgan fingerprint density at radius 1 is 1.50 bits per heavy atom. The number of carbonyl (C=O) groups is 1. The van der Waals surface area contributed by atoms with Gasteiger partial charge in [-0.25, -0.2) is 10.4 Å². The number of aryl methyl sites for hydroxylation is 2. The summed E-state index contributed by atoms with van der Waals surface area (Å²) in [6, 6.07) is 0. The van der Waals surface area contributed by atoms with Gasteiger partial charge in [-0.3, -0.25) is 4.79 Å². The van der Waals surface area contributed by atoms with E-state index in [4.69, 9.17) is 0 Å². The lowest BCUT2D eigenvalue weighted by molar-refractivity contribution is -0.121. The zero-order valence-corrected chi connectivity index (χ0v) is 10.9. The van der Waals surface area contributed by atoms with Crippen LogP contribution in [0, 0.1) is 13.8 Å². The number of hydrogen-bond acceptors (Lipinski definition) is 4. The van der Waals surface area contributed by atoms with Gasteiger partial charge in [0.1, 0.15) is 0 Å². The van der Waals surface area contributed by atoms with Gasteiger partial charge in [-0.1, -0.05) is 6.92 Å². The van der Waals surface area contributed by atoms with Crippen molar-refractivity contribution < 1.29 is 4.79 Å². The Morgan fingerprint density at radius 2 is 2.19 bits per heavy atom. The average Bonchev–Trinajstić information content (AvgIpc) is 2.55. The van der Waals surface area contributed by atoms with E-state index in [1.165, 1.54) is 0 Å². The standard InChI is InChI=1S/C11H17N3OS/c1-5-6-10(15)14-13-8(3)11-7(2)12-9(4)16-11/h5-6H2,1-4H3,(H,14,15). The second kappa shape index (κ2) is 5.75. The Balaban J connectivity index is 2.70. The normalized spacial score (nSPS) is 11.6. The van der Waals surface area contributed by atoms with Crippen molar-refractivity contribution in [1.82, 2.24) is 10.4 Å². The van der Waals surface area contributed by atoms with Crippen LogP contribution in [0.1, 0.15) is 42.3 Å². The fraction of sp³-hybridized carbons (Fsp3) is 0.545. The number of nitrogens with zero attached hydrogens (tertiary/aromatic N) is 2. The second-order valence-corrected chi connectivity index (χ2v) is 4.83. The number of hydrogen-bond donors (Lipinski definition) is 1. The molecule has 88 valence electrons. The van der Waals surface area contributed by atoms with Gasteiger partial charge < -0.3 is 0 Å². The molecule has 1 aromatic rings. The van der Waals surface area contributed by atoms with Crippen LogP contribution in [-0.2, 0) is 4.79 Å². The van der Waals surface area contributed by atoms with Crippen LogP contribution in [0.2, 0.25) is 0 Å². The van der Waals surface area contributed by atoms with Crippen LogP contribution < -0.4 is 5.43 Å². The van der Waals surface area contributed by atoms with Gasteiger partial charge in [0.05, 0.1) is 21.3 Å². The first-order valence-corrected chi connectivity index (χ1v) is 6.13. The lowest BCUT2D eigenvalue weighted by Gasteiger charge is -2.00. The van der Waals surface area contributed by atoms with Crippen molar-refractivity contribution in [3.8, 4) is 0 Å². The zero-order chi connectivity index (χ0) is 12.1. The molecular weight excluding hydrogens is 222 g/mol. The van der Waals surface area contributed by atoms with Crippen LogP contribution in [0.4, 0.5) is 0 Å². The van der Waals surface area contributed by atoms with Crippen LogP contribution in [-0.4, -0.2) is 16.6 Å². The van der Waals surface area contributed by atoms with E-state index in [0.29, 0.717) is 6.42 Å². The van der Waals surface area contributed by atoms with E-state index in [2.05, 4.69) is 15.5 Å². The Morgan fingerprint density at radius 3 is 2.69 bits per heavy atom. The molecule has 0 bridgehead atoms. The maximum atomic E-state index is 11.2. The van der Waals surface area contributed by atoms with E-state index in [-0.39, 0.29) is 5.91 Å². The molecule has 1 heterocycles. The number of amides is 1. The first-order chi connectivity index (χ1) is 7.54. The molecule has 0 unspecified atom stereocenters. The number of thiazole rings is 1. The predicted molar refractivity (Wildman–Crippen MR) is 66.8 cm³/mol. The summed E-state index contributed by atoms with van der Waals surface area (Å²) in [6.45, 7) is 7.76. The maximum Gasteiger partial charge on any atom is 0.240 e. The molecule has 0 spiro atoms. The molecule has 1 N–H and O–H groups in total. The monoisotopic (exact) mass is 239 g/mol. The predicted octanol–water partition coefficient (Wildman–Crippen LogP) is 2.40. The molecule has 0 aliphatic carbocycles. The minimum absolute atomic E-state index is 0.0410. The summed E-state index contributed by atoms with van der Waals surface area (Å²) in [5, 5.41) is 5.09. The SMILES string of the molecule is CCCC(=O)NN=C(C)c1sc(C)nc1C. The van der Waals surface area contributed by atoms with Gasteiger partial charge in [0.15, 0.2) is 0 Å². The Kier molecular flexibility index (Phi) is 4.61. The number of carbonyl (C=O) groups excluding carboxylic acids is 1. The van der Waals surface area contributed by atoms with E-state index in [0.717, 1.165) is 27.7 Å². The van der Waals surface area contributed by atoms with E-state index in [1.807, 2.05) is 27.7 Å². The molecule has 1 aromatic heterocycles. The highest BCUT2D eigenvalue weighted by Gasteiger charge is 2.08. The summed E-state index contributed by atoms with van der Waals surface area (Å²) < 4.78 is 0. The third-order valence-corrected chi connectivity index (χ3v) is 3.24. The van der Waals surface area contributed by atoms with Crippen molar-refractivity contribution in [1.29, 1.82) is 0 Å². The average molecular weight is 239 g/mol. The fourth-order valence-electron chi connectivity index (χ4n) is 1.35. The van der Waals surface area contributed by atoms with Crippen molar-refractivity contribution in [2.75, 3.05) is 0 Å². The molecule has 1 rings (SSSR count). The first kappa shape index (κ1) is 12.8. The van der Waals surface area contributed by atoms with Crippen LogP contribution >= 0.6 is 11.3 Å². The molecule has 0 aliphatic rings. The molecule has 0 aromatic carbocycles. The molecule has 5 heteroatoms. The maximum absolute atomic E-state index is 11.2. The summed E-state index contributed by atoms with van der Waals surface area (Å²) in [5.41, 5.74) is 4.32. The number of aromatic nitrogens is 1. The minimum atomic E-state index is -0.0410. The van der Waals surface area contributed by atoms with Gasteiger partial charge >= 0.3 is 0 Å². The first-order valence-electron chi connectivity index (χ1n) is 5.32. The highest BCUT2D eigenvalue weighted by molar-refractivity contribution is 7.13. The molecule has 0 saturated heterocycles. The summed E-state index contributed by atoms with van der Waals surface area (Å²) in [4.78, 5) is 16.6. The largest absolute Gasteiger partial charge is 0.273 e. The molecule has 16 heavy (non-hydrogen) atoms. The summed E-state index contributed by atoms with van der Waals surface area (Å²) in [5.74, 6) is -0.0410. The van der Waals surface area contributed by atoms with Gasteiger partial charge in [-0.15, -0.1) is 11.3 Å². The number of rotatable bonds is 4. The molecule has 0 radical (unpaired) electrons. The summed E-state index contributed by atoms with van der Waals surface area (Å²) >= 11 is 1.59. The van der Waals surface area contributed by atoms with Gasteiger partial charge in [0, 0.05) is 6.42 Å². The third-order valence-electron chi connectivity index (χ3n) is 2.06. The highest BCUT2D eigenvalue weighted by Crippen LogP contribution is 2.17. The molecule has 0 atom stereocenters. The highest BCUT2D eigenvalue weighted by atomic mass is 32.1. The Labute approximate surface area is 99.8 Å². The zero-order valence-electron chi connectivity index (χ0n) is 10.1. The van der Waals surface area contributed by atoms with E-state index < -0.39 is 0 Å². The molecule has 4 nitrogen and oxygen atoms in total. The van der Waals surface area contributed by atoms with Crippen LogP contribution in [0.5, 0.6) is 0 Å². The summed E-state index contributed by atoms with van der Waals surface area (Å²) in [7, 11) is 0. The quantitative estimate of drug-likeness (QED) is 0.648. The molecular formula is C11H17N3OS. The van der Waals surface area contributed by atoms with Gasteiger partial charge in [-0.2, -0.15) is 5.10 Å². The lowest BCUT2D eigenvalue weighted by atomic mass is 10.3. The van der Waals surface area contributed by atoms with Gasteiger partial charge in [-0.05, 0) is 27.2 Å². The van der Waals surface area contributed by atoms with E-state index in [1.54, 1.807) is 11.3 Å². The van der Waals surface area contributed by atoms with Gasteiger partial charge in [0.2, 0.25) is 5.91 Å². The van der Waals surface area contributed by atoms with Crippen molar-refractivity contribution in [3.63, 3.8) is 0 Å². The molecule has 0 saturated carbocycles. The van der Waals surface area contributed by atoms with Crippen LogP contribution in [0.15, 0.2) is 5.10 Å². The second-order valence-electron chi connectivity index (χ2n) is 3.63. The van der Waals surface area contributed by atoms with Crippen LogP contribution in [0.25, 0.3) is 0 Å². The third kappa shape index (κ3) is 3.41. The van der Waals surface area contributed by atoms with Crippen molar-refractivity contribution in [3.05, 3.63) is 15.6 Å². The topological polar surface area (TPSA) is 54.4 Å².